The van der Waals surface area contributed by atoms with Crippen LogP contribution in [0.15, 0.2) is 46.6 Å². The molecule has 0 bridgehead atoms. The van der Waals surface area contributed by atoms with Crippen LogP contribution in [0.25, 0.3) is 0 Å². The Morgan fingerprint density at radius 1 is 1.20 bits per heavy atom. The molecule has 2 N–H and O–H groups in total. The first-order valence-electron chi connectivity index (χ1n) is 9.16. The number of nitrogens with one attached hydrogen (secondary N) is 2. The van der Waals surface area contributed by atoms with Crippen LogP contribution in [0.1, 0.15) is 30.0 Å². The highest BCUT2D eigenvalue weighted by Gasteiger charge is 2.32. The van der Waals surface area contributed by atoms with Gasteiger partial charge in [-0.25, -0.2) is 8.78 Å². The second-order valence-electron chi connectivity index (χ2n) is 6.83. The molecule has 1 unspecified atom stereocenters. The minimum atomic E-state index is -0.749. The summed E-state index contributed by atoms with van der Waals surface area (Å²) in [5, 5.41) is 12.8. The zero-order valence-electron chi connectivity index (χ0n) is 16.6. The van der Waals surface area contributed by atoms with E-state index in [0.29, 0.717) is 0 Å². The molecule has 0 saturated carbocycles. The van der Waals surface area contributed by atoms with Crippen LogP contribution in [0.3, 0.4) is 0 Å². The summed E-state index contributed by atoms with van der Waals surface area (Å²) >= 11 is 1.08. The molecule has 1 saturated heterocycles. The number of hydrogen-bond acceptors (Lipinski definition) is 5. The number of carbonyl (C=O) groups excluding carboxylic acids is 2. The molecule has 0 aromatic heterocycles. The summed E-state index contributed by atoms with van der Waals surface area (Å²) < 4.78 is 26.8. The number of benzene rings is 2. The fourth-order valence-electron chi connectivity index (χ4n) is 2.91. The number of hydrogen-bond donors (Lipinski definition) is 2. The molecule has 156 valence electrons. The minimum Gasteiger partial charge on any atom is -0.326 e. The number of amides is 2. The maximum atomic E-state index is 13.8. The van der Waals surface area contributed by atoms with Crippen LogP contribution >= 0.6 is 11.8 Å². The monoisotopic (exact) mass is 430 g/mol. The van der Waals surface area contributed by atoms with Gasteiger partial charge in [0.05, 0.1) is 5.71 Å². The second-order valence-corrected chi connectivity index (χ2v) is 8.02. The minimum absolute atomic E-state index is 0.0292. The Hall–Kier alpha value is -3.07. The number of thioether (sulfide) groups is 1. The number of para-hydroxylation sites is 1. The van der Waals surface area contributed by atoms with E-state index < -0.39 is 16.9 Å². The Balaban J connectivity index is 1.65. The first kappa shape index (κ1) is 21.6. The van der Waals surface area contributed by atoms with Crippen molar-refractivity contribution in [3.63, 3.8) is 0 Å². The van der Waals surface area contributed by atoms with Gasteiger partial charge < -0.3 is 10.6 Å². The van der Waals surface area contributed by atoms with Crippen molar-refractivity contribution in [1.82, 2.24) is 5.32 Å². The van der Waals surface area contributed by atoms with Crippen LogP contribution in [0.2, 0.25) is 0 Å². The number of aryl methyl sites for hydroxylation is 2. The third kappa shape index (κ3) is 5.10. The van der Waals surface area contributed by atoms with Crippen molar-refractivity contribution in [2.45, 2.75) is 32.4 Å². The van der Waals surface area contributed by atoms with E-state index in [1.165, 1.54) is 13.0 Å². The van der Waals surface area contributed by atoms with E-state index in [1.54, 1.807) is 0 Å². The van der Waals surface area contributed by atoms with Gasteiger partial charge in [0.1, 0.15) is 16.9 Å². The van der Waals surface area contributed by atoms with Crippen molar-refractivity contribution in [3.8, 4) is 0 Å². The normalized spacial score (nSPS) is 17.9. The smallest absolute Gasteiger partial charge is 0.240 e. The van der Waals surface area contributed by atoms with Gasteiger partial charge in [0.2, 0.25) is 11.8 Å². The standard InChI is InChI=1S/C21H20F2N4O2S/c1-11-5-4-6-12(2)19(11)24-18(28)10-17-20(29)25-21(30-17)27-26-13(3)15-8-7-14(22)9-16(15)23/h4-9,17H,10H2,1-3H3,(H,24,28)(H,25,27,29). The fraction of sp³-hybridized carbons (Fsp3) is 0.238. The Bertz CT molecular complexity index is 1050. The van der Waals surface area contributed by atoms with Gasteiger partial charge in [-0.2, -0.15) is 5.10 Å². The van der Waals surface area contributed by atoms with Crippen LogP contribution in [0.4, 0.5) is 14.5 Å². The van der Waals surface area contributed by atoms with Crippen LogP contribution in [-0.4, -0.2) is 27.9 Å². The van der Waals surface area contributed by atoms with Gasteiger partial charge in [-0.05, 0) is 44.0 Å². The van der Waals surface area contributed by atoms with Gasteiger partial charge >= 0.3 is 0 Å². The number of halogens is 2. The Morgan fingerprint density at radius 2 is 1.90 bits per heavy atom. The third-order valence-electron chi connectivity index (χ3n) is 4.50. The zero-order chi connectivity index (χ0) is 21.8. The summed E-state index contributed by atoms with van der Waals surface area (Å²) in [6.07, 6.45) is -0.0292. The van der Waals surface area contributed by atoms with Gasteiger partial charge in [0.25, 0.3) is 0 Å². The van der Waals surface area contributed by atoms with Gasteiger partial charge in [0, 0.05) is 23.7 Å². The highest BCUT2D eigenvalue weighted by molar-refractivity contribution is 8.15. The molecule has 1 atom stereocenters. The van der Waals surface area contributed by atoms with E-state index in [2.05, 4.69) is 20.8 Å². The molecule has 0 radical (unpaired) electrons. The van der Waals surface area contributed by atoms with E-state index in [4.69, 9.17) is 0 Å². The van der Waals surface area contributed by atoms with Crippen LogP contribution in [-0.2, 0) is 9.59 Å². The van der Waals surface area contributed by atoms with E-state index >= 15 is 0 Å². The van der Waals surface area contributed by atoms with Crippen molar-refractivity contribution in [2.24, 2.45) is 10.2 Å². The molecule has 6 nitrogen and oxygen atoms in total. The molecule has 0 aliphatic carbocycles. The summed E-state index contributed by atoms with van der Waals surface area (Å²) in [4.78, 5) is 24.6. The fourth-order valence-corrected chi connectivity index (χ4v) is 3.83. The molecule has 2 amide bonds. The molecular formula is C21H20F2N4O2S. The van der Waals surface area contributed by atoms with Crippen molar-refractivity contribution >= 4 is 40.1 Å². The highest BCUT2D eigenvalue weighted by Crippen LogP contribution is 2.25. The predicted octanol–water partition coefficient (Wildman–Crippen LogP) is 3.92. The summed E-state index contributed by atoms with van der Waals surface area (Å²) in [5.74, 6) is -2.07. The Kier molecular flexibility index (Phi) is 6.61. The molecule has 1 aliphatic heterocycles. The zero-order valence-corrected chi connectivity index (χ0v) is 17.4. The average molecular weight is 430 g/mol. The SMILES string of the molecule is CC(=NN=C1NC(=O)C(CC(=O)Nc2c(C)cccc2C)S1)c1ccc(F)cc1F. The number of amidine groups is 1. The summed E-state index contributed by atoms with van der Waals surface area (Å²) in [6.45, 7) is 5.32. The second kappa shape index (κ2) is 9.17. The Morgan fingerprint density at radius 3 is 2.57 bits per heavy atom. The van der Waals surface area contributed by atoms with E-state index in [-0.39, 0.29) is 34.7 Å². The predicted molar refractivity (Wildman–Crippen MR) is 115 cm³/mol. The highest BCUT2D eigenvalue weighted by atomic mass is 32.2. The van der Waals surface area contributed by atoms with Crippen LogP contribution < -0.4 is 10.6 Å². The van der Waals surface area contributed by atoms with Crippen molar-refractivity contribution in [1.29, 1.82) is 0 Å². The molecule has 1 heterocycles. The molecule has 30 heavy (non-hydrogen) atoms. The molecule has 2 aromatic carbocycles. The lowest BCUT2D eigenvalue weighted by molar-refractivity contribution is -0.122. The number of anilines is 1. The van der Waals surface area contributed by atoms with Crippen LogP contribution in [0.5, 0.6) is 0 Å². The quantitative estimate of drug-likeness (QED) is 0.557. The van der Waals surface area contributed by atoms with Crippen molar-refractivity contribution in [2.75, 3.05) is 5.32 Å². The average Bonchev–Trinajstić information content (AvgIpc) is 3.02. The molecule has 1 fully saturated rings. The van der Waals surface area contributed by atoms with E-state index in [1.807, 2.05) is 32.0 Å². The number of nitrogens with zero attached hydrogens (tertiary/aromatic N) is 2. The molecule has 2 aromatic rings. The van der Waals surface area contributed by atoms with Gasteiger partial charge in [-0.1, -0.05) is 30.0 Å². The maximum Gasteiger partial charge on any atom is 0.240 e. The van der Waals surface area contributed by atoms with E-state index in [9.17, 15) is 18.4 Å². The topological polar surface area (TPSA) is 82.9 Å². The largest absolute Gasteiger partial charge is 0.326 e. The first-order chi connectivity index (χ1) is 14.2. The third-order valence-corrected chi connectivity index (χ3v) is 5.58. The molecular weight excluding hydrogens is 410 g/mol. The molecule has 0 spiro atoms. The number of carbonyl (C=O) groups is 2. The first-order valence-corrected chi connectivity index (χ1v) is 10.0. The Labute approximate surface area is 176 Å². The number of rotatable bonds is 5. The summed E-state index contributed by atoms with van der Waals surface area (Å²) in [5.41, 5.74) is 2.95. The lowest BCUT2D eigenvalue weighted by Gasteiger charge is -2.12. The van der Waals surface area contributed by atoms with Gasteiger partial charge in [-0.3, -0.25) is 9.59 Å². The lowest BCUT2D eigenvalue weighted by atomic mass is 10.1. The summed E-state index contributed by atoms with van der Waals surface area (Å²) in [7, 11) is 0. The van der Waals surface area contributed by atoms with Gasteiger partial charge in [-0.15, -0.1) is 5.10 Å². The molecule has 3 rings (SSSR count). The van der Waals surface area contributed by atoms with E-state index in [0.717, 1.165) is 40.7 Å². The van der Waals surface area contributed by atoms with Crippen LogP contribution in [0, 0.1) is 25.5 Å². The molecule has 1 aliphatic rings. The van der Waals surface area contributed by atoms with Crippen molar-refractivity contribution < 1.29 is 18.4 Å². The summed E-state index contributed by atoms with van der Waals surface area (Å²) in [6, 6.07) is 8.86. The van der Waals surface area contributed by atoms with Gasteiger partial charge in [0.15, 0.2) is 5.17 Å². The molecule has 9 heteroatoms. The maximum absolute atomic E-state index is 13.8. The lowest BCUT2D eigenvalue weighted by Crippen LogP contribution is -2.28. The van der Waals surface area contributed by atoms with Crippen molar-refractivity contribution in [3.05, 3.63) is 64.7 Å².